The Labute approximate surface area is 124 Å². The number of nitrogens with one attached hydrogen (secondary N) is 2. The molecule has 1 aliphatic rings. The maximum absolute atomic E-state index is 12.3. The zero-order valence-corrected chi connectivity index (χ0v) is 13.4. The van der Waals surface area contributed by atoms with Gasteiger partial charge in [-0.15, -0.1) is 11.3 Å². The Hall–Kier alpha value is -0.470. The highest BCUT2D eigenvalue weighted by Crippen LogP contribution is 2.20. The fraction of sp³-hybridized carbons (Fsp3) is 0.692. The molecule has 2 heterocycles. The van der Waals surface area contributed by atoms with Crippen LogP contribution in [-0.2, 0) is 21.3 Å². The van der Waals surface area contributed by atoms with E-state index in [1.165, 1.54) is 11.3 Å². The van der Waals surface area contributed by atoms with E-state index in [-0.39, 0.29) is 6.04 Å². The molecule has 5 nitrogen and oxygen atoms in total. The molecule has 0 aromatic carbocycles. The van der Waals surface area contributed by atoms with Crippen LogP contribution in [-0.4, -0.2) is 34.2 Å². The second-order valence-corrected chi connectivity index (χ2v) is 7.64. The maximum atomic E-state index is 12.3. The summed E-state index contributed by atoms with van der Waals surface area (Å²) in [6, 6.07) is 1.75. The molecule has 0 radical (unpaired) electrons. The summed E-state index contributed by atoms with van der Waals surface area (Å²) in [7, 11) is -3.39. The van der Waals surface area contributed by atoms with E-state index in [0.29, 0.717) is 18.1 Å². The SMILES string of the molecule is CCCNCc1cc(S(=O)(=O)NC2CCOCC2)cs1. The summed E-state index contributed by atoms with van der Waals surface area (Å²) in [6.45, 7) is 5.03. The number of rotatable bonds is 7. The molecule has 0 bridgehead atoms. The molecular formula is C13H22N2O3S2. The quantitative estimate of drug-likeness (QED) is 0.751. The minimum absolute atomic E-state index is 0.00434. The van der Waals surface area contributed by atoms with Crippen molar-refractivity contribution in [3.63, 3.8) is 0 Å². The number of ether oxygens (including phenoxy) is 1. The van der Waals surface area contributed by atoms with Gasteiger partial charge in [0.15, 0.2) is 0 Å². The minimum atomic E-state index is -3.39. The lowest BCUT2D eigenvalue weighted by molar-refractivity contribution is 0.0832. The Bertz CT molecular complexity index is 507. The number of thiophene rings is 1. The van der Waals surface area contributed by atoms with Gasteiger partial charge in [0.05, 0.1) is 4.90 Å². The standard InChI is InChI=1S/C13H22N2O3S2/c1-2-5-14-9-12-8-13(10-19-12)20(16,17)15-11-3-6-18-7-4-11/h8,10-11,14-15H,2-7,9H2,1H3. The van der Waals surface area contributed by atoms with Crippen molar-refractivity contribution in [2.24, 2.45) is 0 Å². The molecule has 1 fully saturated rings. The van der Waals surface area contributed by atoms with E-state index in [2.05, 4.69) is 17.0 Å². The first kappa shape index (κ1) is 15.9. The van der Waals surface area contributed by atoms with Crippen LogP contribution < -0.4 is 10.0 Å². The third kappa shape index (κ3) is 4.53. The number of hydrogen-bond acceptors (Lipinski definition) is 5. The molecule has 2 N–H and O–H groups in total. The van der Waals surface area contributed by atoms with Crippen molar-refractivity contribution in [3.8, 4) is 0 Å². The molecular weight excluding hydrogens is 296 g/mol. The van der Waals surface area contributed by atoms with Crippen LogP contribution in [0.25, 0.3) is 0 Å². The van der Waals surface area contributed by atoms with E-state index in [4.69, 9.17) is 4.74 Å². The van der Waals surface area contributed by atoms with Crippen LogP contribution in [0.3, 0.4) is 0 Å². The third-order valence-electron chi connectivity index (χ3n) is 3.21. The predicted molar refractivity (Wildman–Crippen MR) is 80.5 cm³/mol. The predicted octanol–water partition coefficient (Wildman–Crippen LogP) is 1.70. The minimum Gasteiger partial charge on any atom is -0.381 e. The van der Waals surface area contributed by atoms with Gasteiger partial charge in [0, 0.05) is 36.1 Å². The molecule has 20 heavy (non-hydrogen) atoms. The fourth-order valence-electron chi connectivity index (χ4n) is 2.09. The zero-order valence-electron chi connectivity index (χ0n) is 11.7. The van der Waals surface area contributed by atoms with Crippen molar-refractivity contribution in [1.29, 1.82) is 0 Å². The van der Waals surface area contributed by atoms with E-state index in [1.807, 2.05) is 0 Å². The van der Waals surface area contributed by atoms with Gasteiger partial charge in [-0.05, 0) is 31.9 Å². The van der Waals surface area contributed by atoms with Gasteiger partial charge in [0.25, 0.3) is 0 Å². The summed E-state index contributed by atoms with van der Waals surface area (Å²) in [6.07, 6.45) is 2.56. The summed E-state index contributed by atoms with van der Waals surface area (Å²) < 4.78 is 32.6. The molecule has 114 valence electrons. The summed E-state index contributed by atoms with van der Waals surface area (Å²) in [5.41, 5.74) is 0. The molecule has 0 amide bonds. The molecule has 1 aromatic heterocycles. The Morgan fingerprint density at radius 3 is 2.85 bits per heavy atom. The second-order valence-electron chi connectivity index (χ2n) is 4.93. The molecule has 2 rings (SSSR count). The van der Waals surface area contributed by atoms with Gasteiger partial charge < -0.3 is 10.1 Å². The van der Waals surface area contributed by atoms with Gasteiger partial charge in [-0.3, -0.25) is 0 Å². The zero-order chi connectivity index (χ0) is 14.4. The lowest BCUT2D eigenvalue weighted by atomic mass is 10.1. The van der Waals surface area contributed by atoms with E-state index >= 15 is 0 Å². The van der Waals surface area contributed by atoms with Gasteiger partial charge in [0.2, 0.25) is 10.0 Å². The van der Waals surface area contributed by atoms with Gasteiger partial charge >= 0.3 is 0 Å². The van der Waals surface area contributed by atoms with Crippen LogP contribution in [0.5, 0.6) is 0 Å². The smallest absolute Gasteiger partial charge is 0.241 e. The largest absolute Gasteiger partial charge is 0.381 e. The molecule has 1 aliphatic heterocycles. The first-order chi connectivity index (χ1) is 9.62. The Kier molecular flexibility index (Phi) is 5.98. The fourth-order valence-corrected chi connectivity index (χ4v) is 4.64. The molecule has 7 heteroatoms. The molecule has 1 aromatic rings. The Balaban J connectivity index is 1.94. The highest BCUT2D eigenvalue weighted by atomic mass is 32.2. The number of sulfonamides is 1. The molecule has 0 atom stereocenters. The first-order valence-electron chi connectivity index (χ1n) is 7.00. The topological polar surface area (TPSA) is 67.4 Å². The Morgan fingerprint density at radius 2 is 2.15 bits per heavy atom. The normalized spacial score (nSPS) is 17.4. The van der Waals surface area contributed by atoms with Crippen molar-refractivity contribution >= 4 is 21.4 Å². The summed E-state index contributed by atoms with van der Waals surface area (Å²) >= 11 is 1.48. The van der Waals surface area contributed by atoms with Crippen LogP contribution in [0.4, 0.5) is 0 Å². The van der Waals surface area contributed by atoms with Crippen LogP contribution >= 0.6 is 11.3 Å². The van der Waals surface area contributed by atoms with Crippen molar-refractivity contribution in [2.45, 2.75) is 43.7 Å². The van der Waals surface area contributed by atoms with Crippen molar-refractivity contribution < 1.29 is 13.2 Å². The van der Waals surface area contributed by atoms with Crippen LogP contribution in [0.15, 0.2) is 16.3 Å². The van der Waals surface area contributed by atoms with E-state index < -0.39 is 10.0 Å². The van der Waals surface area contributed by atoms with Crippen LogP contribution in [0.1, 0.15) is 31.1 Å². The lowest BCUT2D eigenvalue weighted by Gasteiger charge is -2.22. The maximum Gasteiger partial charge on any atom is 0.241 e. The van der Waals surface area contributed by atoms with Gasteiger partial charge in [-0.2, -0.15) is 0 Å². The van der Waals surface area contributed by atoms with E-state index in [1.54, 1.807) is 11.4 Å². The summed E-state index contributed by atoms with van der Waals surface area (Å²) in [4.78, 5) is 1.42. The van der Waals surface area contributed by atoms with Gasteiger partial charge in [-0.25, -0.2) is 13.1 Å². The third-order valence-corrected chi connectivity index (χ3v) is 5.79. The second kappa shape index (κ2) is 7.51. The molecule has 0 unspecified atom stereocenters. The van der Waals surface area contributed by atoms with Crippen molar-refractivity contribution in [1.82, 2.24) is 10.0 Å². The molecule has 0 aliphatic carbocycles. The number of hydrogen-bond donors (Lipinski definition) is 2. The Morgan fingerprint density at radius 1 is 1.40 bits per heavy atom. The monoisotopic (exact) mass is 318 g/mol. The van der Waals surface area contributed by atoms with Gasteiger partial charge in [-0.1, -0.05) is 6.92 Å². The highest BCUT2D eigenvalue weighted by molar-refractivity contribution is 7.89. The van der Waals surface area contributed by atoms with Gasteiger partial charge in [0.1, 0.15) is 0 Å². The van der Waals surface area contributed by atoms with Crippen molar-refractivity contribution in [3.05, 3.63) is 16.3 Å². The molecule has 0 saturated carbocycles. The average molecular weight is 318 g/mol. The van der Waals surface area contributed by atoms with E-state index in [9.17, 15) is 8.42 Å². The van der Waals surface area contributed by atoms with Crippen LogP contribution in [0.2, 0.25) is 0 Å². The summed E-state index contributed by atoms with van der Waals surface area (Å²) in [5.74, 6) is 0. The lowest BCUT2D eigenvalue weighted by Crippen LogP contribution is -2.38. The van der Waals surface area contributed by atoms with E-state index in [0.717, 1.165) is 37.2 Å². The highest BCUT2D eigenvalue weighted by Gasteiger charge is 2.22. The molecule has 1 saturated heterocycles. The van der Waals surface area contributed by atoms with Crippen LogP contribution in [0, 0.1) is 0 Å². The first-order valence-corrected chi connectivity index (χ1v) is 9.36. The molecule has 0 spiro atoms. The summed E-state index contributed by atoms with van der Waals surface area (Å²) in [5, 5.41) is 4.99. The average Bonchev–Trinajstić information content (AvgIpc) is 2.89. The van der Waals surface area contributed by atoms with Crippen molar-refractivity contribution in [2.75, 3.05) is 19.8 Å².